The molecule has 1 N–H and O–H groups in total. The monoisotopic (exact) mass is 227 g/mol. The number of hydrogen-bond donors (Lipinski definition) is 1. The Bertz CT molecular complexity index is 529. The summed E-state index contributed by atoms with van der Waals surface area (Å²) >= 11 is 0. The maximum Gasteiger partial charge on any atom is 0.251 e. The van der Waals surface area contributed by atoms with Gasteiger partial charge in [0, 0.05) is 24.0 Å². The van der Waals surface area contributed by atoms with Crippen LogP contribution in [0.4, 0.5) is 0 Å². The second kappa shape index (κ2) is 4.05. The van der Waals surface area contributed by atoms with Crippen molar-refractivity contribution in [3.05, 3.63) is 48.3 Å². The third-order valence-corrected chi connectivity index (χ3v) is 2.79. The molecule has 0 spiro atoms. The van der Waals surface area contributed by atoms with E-state index in [4.69, 9.17) is 0 Å². The van der Waals surface area contributed by atoms with Crippen molar-refractivity contribution < 1.29 is 4.79 Å². The van der Waals surface area contributed by atoms with Gasteiger partial charge in [-0.2, -0.15) is 5.10 Å². The summed E-state index contributed by atoms with van der Waals surface area (Å²) in [6, 6.07) is 9.72. The Kier molecular flexibility index (Phi) is 2.40. The van der Waals surface area contributed by atoms with Gasteiger partial charge >= 0.3 is 0 Å². The van der Waals surface area contributed by atoms with E-state index in [9.17, 15) is 4.79 Å². The molecule has 0 saturated heterocycles. The van der Waals surface area contributed by atoms with E-state index in [1.807, 2.05) is 36.5 Å². The van der Waals surface area contributed by atoms with E-state index >= 15 is 0 Å². The van der Waals surface area contributed by atoms with E-state index in [1.54, 1.807) is 10.9 Å². The second-order valence-corrected chi connectivity index (χ2v) is 4.25. The first kappa shape index (κ1) is 10.1. The average molecular weight is 227 g/mol. The molecular weight excluding hydrogens is 214 g/mol. The number of nitrogens with one attached hydrogen (secondary N) is 1. The summed E-state index contributed by atoms with van der Waals surface area (Å²) in [5, 5.41) is 7.12. The van der Waals surface area contributed by atoms with Crippen molar-refractivity contribution in [3.63, 3.8) is 0 Å². The van der Waals surface area contributed by atoms with E-state index in [-0.39, 0.29) is 5.91 Å². The molecule has 86 valence electrons. The van der Waals surface area contributed by atoms with Crippen LogP contribution < -0.4 is 5.32 Å². The molecule has 1 heterocycles. The summed E-state index contributed by atoms with van der Waals surface area (Å²) < 4.78 is 1.74. The van der Waals surface area contributed by atoms with Gasteiger partial charge in [0.1, 0.15) is 0 Å². The lowest BCUT2D eigenvalue weighted by Gasteiger charge is -2.06. The van der Waals surface area contributed by atoms with Crippen molar-refractivity contribution in [1.82, 2.24) is 15.1 Å². The van der Waals surface area contributed by atoms with Crippen molar-refractivity contribution >= 4 is 5.91 Å². The van der Waals surface area contributed by atoms with Crippen LogP contribution in [0.15, 0.2) is 42.7 Å². The van der Waals surface area contributed by atoms with Gasteiger partial charge in [0.2, 0.25) is 0 Å². The topological polar surface area (TPSA) is 46.9 Å². The van der Waals surface area contributed by atoms with Crippen LogP contribution in [-0.4, -0.2) is 21.7 Å². The molecule has 0 unspecified atom stereocenters. The molecule has 0 bridgehead atoms. The zero-order valence-corrected chi connectivity index (χ0v) is 9.34. The fraction of sp³-hybridized carbons (Fsp3) is 0.231. The number of carbonyl (C=O) groups excluding carboxylic acids is 1. The zero-order valence-electron chi connectivity index (χ0n) is 9.34. The number of carbonyl (C=O) groups is 1. The molecule has 0 aliphatic heterocycles. The van der Waals surface area contributed by atoms with Gasteiger partial charge in [-0.05, 0) is 37.1 Å². The molecule has 4 heteroatoms. The first-order chi connectivity index (χ1) is 8.33. The quantitative estimate of drug-likeness (QED) is 0.868. The number of nitrogens with zero attached hydrogens (tertiary/aromatic N) is 2. The number of aromatic nitrogens is 2. The standard InChI is InChI=1S/C13H13N3O/c17-13(15-11-5-6-11)10-3-1-4-12(9-10)16-8-2-7-14-16/h1-4,7-9,11H,5-6H2,(H,15,17). The van der Waals surface area contributed by atoms with Crippen LogP contribution in [0.25, 0.3) is 5.69 Å². The van der Waals surface area contributed by atoms with Crippen LogP contribution in [0.5, 0.6) is 0 Å². The first-order valence-corrected chi connectivity index (χ1v) is 5.74. The third-order valence-electron chi connectivity index (χ3n) is 2.79. The highest BCUT2D eigenvalue weighted by atomic mass is 16.1. The van der Waals surface area contributed by atoms with E-state index in [2.05, 4.69) is 10.4 Å². The van der Waals surface area contributed by atoms with Crippen molar-refractivity contribution in [3.8, 4) is 5.69 Å². The van der Waals surface area contributed by atoms with Crippen LogP contribution in [0.2, 0.25) is 0 Å². The number of rotatable bonds is 3. The summed E-state index contributed by atoms with van der Waals surface area (Å²) in [7, 11) is 0. The molecule has 17 heavy (non-hydrogen) atoms. The lowest BCUT2D eigenvalue weighted by Crippen LogP contribution is -2.25. The van der Waals surface area contributed by atoms with E-state index in [0.29, 0.717) is 11.6 Å². The van der Waals surface area contributed by atoms with Crippen molar-refractivity contribution in [2.75, 3.05) is 0 Å². The Morgan fingerprint density at radius 1 is 1.35 bits per heavy atom. The Balaban J connectivity index is 1.85. The normalized spacial score (nSPS) is 14.6. The average Bonchev–Trinajstić information content (AvgIpc) is 3.00. The van der Waals surface area contributed by atoms with E-state index < -0.39 is 0 Å². The van der Waals surface area contributed by atoms with Crippen molar-refractivity contribution in [2.24, 2.45) is 0 Å². The summed E-state index contributed by atoms with van der Waals surface area (Å²) in [5.74, 6) is 0.00139. The second-order valence-electron chi connectivity index (χ2n) is 4.25. The Morgan fingerprint density at radius 3 is 2.94 bits per heavy atom. The molecule has 1 aliphatic rings. The molecule has 1 aromatic heterocycles. The van der Waals surface area contributed by atoms with Crippen LogP contribution in [-0.2, 0) is 0 Å². The van der Waals surface area contributed by atoms with Gasteiger partial charge in [-0.25, -0.2) is 4.68 Å². The Hall–Kier alpha value is -2.10. The van der Waals surface area contributed by atoms with Gasteiger partial charge in [-0.15, -0.1) is 0 Å². The highest BCUT2D eigenvalue weighted by Crippen LogP contribution is 2.19. The molecule has 1 saturated carbocycles. The van der Waals surface area contributed by atoms with Crippen LogP contribution in [0.1, 0.15) is 23.2 Å². The molecule has 3 rings (SSSR count). The highest BCUT2D eigenvalue weighted by molar-refractivity contribution is 5.95. The maximum atomic E-state index is 11.9. The zero-order chi connectivity index (χ0) is 11.7. The van der Waals surface area contributed by atoms with Crippen molar-refractivity contribution in [1.29, 1.82) is 0 Å². The van der Waals surface area contributed by atoms with Crippen molar-refractivity contribution in [2.45, 2.75) is 18.9 Å². The predicted molar refractivity (Wildman–Crippen MR) is 64.1 cm³/mol. The first-order valence-electron chi connectivity index (χ1n) is 5.74. The summed E-state index contributed by atoms with van der Waals surface area (Å²) in [4.78, 5) is 11.9. The van der Waals surface area contributed by atoms with Gasteiger partial charge in [0.15, 0.2) is 0 Å². The largest absolute Gasteiger partial charge is 0.349 e. The smallest absolute Gasteiger partial charge is 0.251 e. The highest BCUT2D eigenvalue weighted by Gasteiger charge is 2.23. The fourth-order valence-corrected chi connectivity index (χ4v) is 1.71. The minimum absolute atomic E-state index is 0.00139. The molecular formula is C13H13N3O. The molecule has 2 aromatic rings. The lowest BCUT2D eigenvalue weighted by molar-refractivity contribution is 0.0951. The third kappa shape index (κ3) is 2.20. The number of hydrogen-bond acceptors (Lipinski definition) is 2. The maximum absolute atomic E-state index is 11.9. The van der Waals surface area contributed by atoms with Crippen LogP contribution in [0, 0.1) is 0 Å². The van der Waals surface area contributed by atoms with Crippen LogP contribution in [0.3, 0.4) is 0 Å². The van der Waals surface area contributed by atoms with E-state index in [0.717, 1.165) is 18.5 Å². The molecule has 1 aliphatic carbocycles. The lowest BCUT2D eigenvalue weighted by atomic mass is 10.2. The number of amides is 1. The summed E-state index contributed by atoms with van der Waals surface area (Å²) in [6.07, 6.45) is 5.78. The van der Waals surface area contributed by atoms with Gasteiger partial charge in [0.05, 0.1) is 5.69 Å². The van der Waals surface area contributed by atoms with Crippen LogP contribution >= 0.6 is 0 Å². The molecule has 0 radical (unpaired) electrons. The van der Waals surface area contributed by atoms with Gasteiger partial charge in [-0.3, -0.25) is 4.79 Å². The SMILES string of the molecule is O=C(NC1CC1)c1cccc(-n2cccn2)c1. The Labute approximate surface area is 99.3 Å². The molecule has 0 atom stereocenters. The number of benzene rings is 1. The molecule has 1 aromatic carbocycles. The molecule has 1 fully saturated rings. The fourth-order valence-electron chi connectivity index (χ4n) is 1.71. The summed E-state index contributed by atoms with van der Waals surface area (Å²) in [6.45, 7) is 0. The van der Waals surface area contributed by atoms with E-state index in [1.165, 1.54) is 0 Å². The summed E-state index contributed by atoms with van der Waals surface area (Å²) in [5.41, 5.74) is 1.59. The Morgan fingerprint density at radius 2 is 2.24 bits per heavy atom. The van der Waals surface area contributed by atoms with Gasteiger partial charge in [-0.1, -0.05) is 6.07 Å². The minimum Gasteiger partial charge on any atom is -0.349 e. The molecule has 4 nitrogen and oxygen atoms in total. The predicted octanol–water partition coefficient (Wildman–Crippen LogP) is 1.76. The molecule has 1 amide bonds. The van der Waals surface area contributed by atoms with Gasteiger partial charge < -0.3 is 5.32 Å². The minimum atomic E-state index is 0.00139. The van der Waals surface area contributed by atoms with Gasteiger partial charge in [0.25, 0.3) is 5.91 Å².